The van der Waals surface area contributed by atoms with E-state index in [0.717, 1.165) is 16.2 Å². The van der Waals surface area contributed by atoms with E-state index in [4.69, 9.17) is 16.0 Å². The summed E-state index contributed by atoms with van der Waals surface area (Å²) in [6, 6.07) is 10.0. The van der Waals surface area contributed by atoms with Gasteiger partial charge in [-0.25, -0.2) is 4.79 Å². The Morgan fingerprint density at radius 1 is 1.14 bits per heavy atom. The summed E-state index contributed by atoms with van der Waals surface area (Å²) in [7, 11) is 0. The molecular weight excluding hydrogens is 304 g/mol. The van der Waals surface area contributed by atoms with Gasteiger partial charge in [-0.2, -0.15) is 4.99 Å². The molecule has 0 unspecified atom stereocenters. The van der Waals surface area contributed by atoms with Crippen molar-refractivity contribution in [2.75, 3.05) is 0 Å². The van der Waals surface area contributed by atoms with E-state index in [-0.39, 0.29) is 24.6 Å². The lowest BCUT2D eigenvalue weighted by molar-refractivity contribution is -0.121. The molecule has 6 heteroatoms. The normalized spacial score (nSPS) is 14.6. The molecule has 0 fully saturated rings. The van der Waals surface area contributed by atoms with Crippen LogP contribution in [0.5, 0.6) is 0 Å². The molecule has 0 saturated heterocycles. The number of halogens is 1. The van der Waals surface area contributed by atoms with Crippen molar-refractivity contribution in [3.05, 3.63) is 58.5 Å². The number of hydrogen-bond acceptors (Lipinski definition) is 3. The Hall–Kier alpha value is -2.40. The predicted molar refractivity (Wildman–Crippen MR) is 82.0 cm³/mol. The molecule has 0 saturated carbocycles. The zero-order valence-electron chi connectivity index (χ0n) is 11.9. The number of rotatable bonds is 4. The van der Waals surface area contributed by atoms with Crippen LogP contribution in [0.25, 0.3) is 0 Å². The fourth-order valence-corrected chi connectivity index (χ4v) is 2.36. The summed E-state index contributed by atoms with van der Waals surface area (Å²) in [6.07, 6.45) is 0.218. The number of aliphatic imine (C=N–C) groups is 1. The molecule has 0 radical (unpaired) electrons. The molecule has 0 aliphatic carbocycles. The van der Waals surface area contributed by atoms with Gasteiger partial charge in [0.15, 0.2) is 0 Å². The van der Waals surface area contributed by atoms with E-state index in [0.29, 0.717) is 10.8 Å². The summed E-state index contributed by atoms with van der Waals surface area (Å²) in [5, 5.41) is 0.605. The minimum atomic E-state index is -0.543. The van der Waals surface area contributed by atoms with Crippen LogP contribution in [0.3, 0.4) is 0 Å². The van der Waals surface area contributed by atoms with E-state index >= 15 is 0 Å². The van der Waals surface area contributed by atoms with Gasteiger partial charge in [0, 0.05) is 5.02 Å². The number of furan rings is 1. The average Bonchev–Trinajstić information content (AvgIpc) is 3.00. The van der Waals surface area contributed by atoms with Gasteiger partial charge in [0.1, 0.15) is 17.2 Å². The molecule has 0 spiro atoms. The first-order chi connectivity index (χ1) is 10.5. The lowest BCUT2D eigenvalue weighted by atomic mass is 10.2. The number of carbonyl (C=O) groups is 2. The van der Waals surface area contributed by atoms with Crippen molar-refractivity contribution in [2.24, 2.45) is 4.99 Å². The second kappa shape index (κ2) is 5.77. The molecule has 1 aromatic heterocycles. The molecule has 3 amide bonds. The van der Waals surface area contributed by atoms with E-state index in [1.54, 1.807) is 30.3 Å². The summed E-state index contributed by atoms with van der Waals surface area (Å²) >= 11 is 5.82. The SMILES string of the molecule is Cc1ccc(CC2=NC(=O)N(Cc3ccc(Cl)cc3)C2=O)o1. The van der Waals surface area contributed by atoms with Gasteiger partial charge in [0.25, 0.3) is 5.91 Å². The first kappa shape index (κ1) is 14.5. The van der Waals surface area contributed by atoms with Crippen LogP contribution in [0.1, 0.15) is 17.1 Å². The Kier molecular flexibility index (Phi) is 3.81. The maximum absolute atomic E-state index is 12.3. The van der Waals surface area contributed by atoms with Gasteiger partial charge in [0.2, 0.25) is 0 Å². The molecule has 0 bridgehead atoms. The Morgan fingerprint density at radius 2 is 1.86 bits per heavy atom. The third-order valence-electron chi connectivity index (χ3n) is 3.35. The summed E-state index contributed by atoms with van der Waals surface area (Å²) in [4.78, 5) is 29.2. The molecule has 0 atom stereocenters. The predicted octanol–water partition coefficient (Wildman–Crippen LogP) is 3.39. The number of imide groups is 1. The lowest BCUT2D eigenvalue weighted by Crippen LogP contribution is -2.32. The zero-order valence-corrected chi connectivity index (χ0v) is 12.6. The standard InChI is InChI=1S/C16H13ClN2O3/c1-10-2-7-13(22-10)8-14-15(20)19(16(21)18-14)9-11-3-5-12(17)6-4-11/h2-7H,8-9H2,1H3. The Labute approximate surface area is 132 Å². The maximum atomic E-state index is 12.3. The number of urea groups is 1. The summed E-state index contributed by atoms with van der Waals surface area (Å²) in [5.74, 6) is 0.991. The summed E-state index contributed by atoms with van der Waals surface area (Å²) in [6.45, 7) is 2.00. The summed E-state index contributed by atoms with van der Waals surface area (Å²) < 4.78 is 5.42. The van der Waals surface area contributed by atoms with Crippen LogP contribution in [0.15, 0.2) is 45.8 Å². The van der Waals surface area contributed by atoms with Crippen LogP contribution < -0.4 is 0 Å². The van der Waals surface area contributed by atoms with Crippen molar-refractivity contribution in [3.8, 4) is 0 Å². The molecule has 1 aliphatic heterocycles. The first-order valence-electron chi connectivity index (χ1n) is 6.76. The highest BCUT2D eigenvalue weighted by Gasteiger charge is 2.33. The highest BCUT2D eigenvalue weighted by atomic mass is 35.5. The zero-order chi connectivity index (χ0) is 15.7. The molecule has 2 heterocycles. The van der Waals surface area contributed by atoms with Gasteiger partial charge < -0.3 is 4.42 Å². The molecule has 1 aromatic carbocycles. The van der Waals surface area contributed by atoms with Crippen LogP contribution in [0.4, 0.5) is 4.79 Å². The highest BCUT2D eigenvalue weighted by molar-refractivity contribution is 6.46. The van der Waals surface area contributed by atoms with E-state index in [9.17, 15) is 9.59 Å². The van der Waals surface area contributed by atoms with Gasteiger partial charge in [-0.3, -0.25) is 9.69 Å². The number of carbonyl (C=O) groups excluding carboxylic acids is 2. The Balaban J connectivity index is 1.72. The third-order valence-corrected chi connectivity index (χ3v) is 3.60. The van der Waals surface area contributed by atoms with Crippen molar-refractivity contribution in [1.29, 1.82) is 0 Å². The van der Waals surface area contributed by atoms with Crippen molar-refractivity contribution < 1.29 is 14.0 Å². The lowest BCUT2D eigenvalue weighted by Gasteiger charge is -2.12. The number of benzene rings is 1. The Bertz CT molecular complexity index is 762. The molecule has 112 valence electrons. The van der Waals surface area contributed by atoms with Crippen molar-refractivity contribution >= 4 is 29.3 Å². The second-order valence-electron chi connectivity index (χ2n) is 5.05. The van der Waals surface area contributed by atoms with Gasteiger partial charge in [-0.1, -0.05) is 23.7 Å². The van der Waals surface area contributed by atoms with E-state index in [1.807, 2.05) is 13.0 Å². The molecule has 5 nitrogen and oxygen atoms in total. The van der Waals surface area contributed by atoms with Crippen LogP contribution in [-0.2, 0) is 17.8 Å². The minimum absolute atomic E-state index is 0.180. The van der Waals surface area contributed by atoms with E-state index in [2.05, 4.69) is 4.99 Å². The number of nitrogens with zero attached hydrogens (tertiary/aromatic N) is 2. The smallest absolute Gasteiger partial charge is 0.351 e. The minimum Gasteiger partial charge on any atom is -0.466 e. The van der Waals surface area contributed by atoms with Crippen molar-refractivity contribution in [2.45, 2.75) is 19.9 Å². The van der Waals surface area contributed by atoms with Crippen molar-refractivity contribution in [3.63, 3.8) is 0 Å². The molecule has 1 aliphatic rings. The monoisotopic (exact) mass is 316 g/mol. The molecule has 3 rings (SSSR count). The molecule has 2 aromatic rings. The first-order valence-corrected chi connectivity index (χ1v) is 7.14. The fraction of sp³-hybridized carbons (Fsp3) is 0.188. The van der Waals surface area contributed by atoms with Gasteiger partial charge in [0.05, 0.1) is 13.0 Å². The Morgan fingerprint density at radius 3 is 2.50 bits per heavy atom. The highest BCUT2D eigenvalue weighted by Crippen LogP contribution is 2.17. The topological polar surface area (TPSA) is 62.9 Å². The van der Waals surface area contributed by atoms with Crippen LogP contribution in [0.2, 0.25) is 5.02 Å². The second-order valence-corrected chi connectivity index (χ2v) is 5.48. The fourth-order valence-electron chi connectivity index (χ4n) is 2.24. The molecule has 22 heavy (non-hydrogen) atoms. The van der Waals surface area contributed by atoms with Gasteiger partial charge in [-0.05, 0) is 36.8 Å². The van der Waals surface area contributed by atoms with Gasteiger partial charge >= 0.3 is 6.03 Å². The number of amides is 3. The number of aryl methyl sites for hydroxylation is 1. The van der Waals surface area contributed by atoms with Crippen LogP contribution in [0, 0.1) is 6.92 Å². The molecular formula is C16H13ClN2O3. The van der Waals surface area contributed by atoms with E-state index < -0.39 is 6.03 Å². The average molecular weight is 317 g/mol. The van der Waals surface area contributed by atoms with Gasteiger partial charge in [-0.15, -0.1) is 0 Å². The van der Waals surface area contributed by atoms with Crippen LogP contribution >= 0.6 is 11.6 Å². The number of hydrogen-bond donors (Lipinski definition) is 0. The third kappa shape index (κ3) is 2.94. The van der Waals surface area contributed by atoms with E-state index in [1.165, 1.54) is 0 Å². The quantitative estimate of drug-likeness (QED) is 0.868. The summed E-state index contributed by atoms with van der Waals surface area (Å²) in [5.41, 5.74) is 1.02. The largest absolute Gasteiger partial charge is 0.466 e. The van der Waals surface area contributed by atoms with Crippen LogP contribution in [-0.4, -0.2) is 22.5 Å². The van der Waals surface area contributed by atoms with Crippen molar-refractivity contribution in [1.82, 2.24) is 4.90 Å². The molecule has 0 N–H and O–H groups in total. The maximum Gasteiger partial charge on any atom is 0.351 e.